The number of halogens is 4. The second-order valence-electron chi connectivity index (χ2n) is 4.84. The fourth-order valence-electron chi connectivity index (χ4n) is 1.59. The molecule has 1 heterocycles. The first kappa shape index (κ1) is 17.0. The van der Waals surface area contributed by atoms with Crippen molar-refractivity contribution in [1.82, 2.24) is 9.78 Å². The Morgan fingerprint density at radius 1 is 1.35 bits per heavy atom. The van der Waals surface area contributed by atoms with Gasteiger partial charge in [-0.1, -0.05) is 13.8 Å². The van der Waals surface area contributed by atoms with Gasteiger partial charge in [-0.05, 0) is 35.7 Å². The van der Waals surface area contributed by atoms with Gasteiger partial charge in [0.05, 0.1) is 11.9 Å². The van der Waals surface area contributed by atoms with Crippen molar-refractivity contribution in [2.75, 3.05) is 5.32 Å². The Balaban J connectivity index is 3.10. The first-order valence-corrected chi connectivity index (χ1v) is 7.01. The van der Waals surface area contributed by atoms with Crippen LogP contribution in [-0.4, -0.2) is 21.5 Å². The smallest absolute Gasteiger partial charge is 0.378 e. The van der Waals surface area contributed by atoms with Crippen LogP contribution in [-0.2, 0) is 6.54 Å². The minimum Gasteiger partial charge on any atom is -0.378 e. The highest BCUT2D eigenvalue weighted by Gasteiger charge is 2.30. The first-order chi connectivity index (χ1) is 9.12. The van der Waals surface area contributed by atoms with Gasteiger partial charge in [0.25, 0.3) is 5.56 Å². The van der Waals surface area contributed by atoms with Gasteiger partial charge in [-0.25, -0.2) is 4.68 Å². The Labute approximate surface area is 123 Å². The van der Waals surface area contributed by atoms with Gasteiger partial charge in [0.15, 0.2) is 0 Å². The van der Waals surface area contributed by atoms with Gasteiger partial charge in [-0.2, -0.15) is 18.3 Å². The molecule has 0 radical (unpaired) electrons. The van der Waals surface area contributed by atoms with Crippen LogP contribution in [0, 0.1) is 0 Å². The fourth-order valence-corrected chi connectivity index (χ4v) is 1.99. The molecule has 0 bridgehead atoms. The molecule has 0 atom stereocenters. The maximum Gasteiger partial charge on any atom is 0.408 e. The lowest BCUT2D eigenvalue weighted by molar-refractivity contribution is -0.143. The minimum atomic E-state index is -4.48. The Morgan fingerprint density at radius 2 is 1.90 bits per heavy atom. The third-order valence-electron chi connectivity index (χ3n) is 3.31. The standard InChI is InChI=1S/C12H17BrF3N3O/c1-4-11(3,5-2)18-8-6-17-19(7-12(14,15)16)10(20)9(8)13/h6,18H,4-5,7H2,1-3H3. The van der Waals surface area contributed by atoms with E-state index in [4.69, 9.17) is 0 Å². The summed E-state index contributed by atoms with van der Waals surface area (Å²) in [7, 11) is 0. The summed E-state index contributed by atoms with van der Waals surface area (Å²) in [4.78, 5) is 11.8. The summed E-state index contributed by atoms with van der Waals surface area (Å²) < 4.78 is 37.4. The monoisotopic (exact) mass is 355 g/mol. The molecule has 1 aromatic heterocycles. The van der Waals surface area contributed by atoms with Crippen molar-refractivity contribution in [3.05, 3.63) is 21.0 Å². The molecular weight excluding hydrogens is 339 g/mol. The Kier molecular flexibility index (Phi) is 5.23. The summed E-state index contributed by atoms with van der Waals surface area (Å²) in [6, 6.07) is 0. The number of aromatic nitrogens is 2. The third-order valence-corrected chi connectivity index (χ3v) is 4.08. The van der Waals surface area contributed by atoms with E-state index >= 15 is 0 Å². The molecule has 1 N–H and O–H groups in total. The summed E-state index contributed by atoms with van der Waals surface area (Å²) in [5.74, 6) is 0. The molecule has 114 valence electrons. The zero-order valence-electron chi connectivity index (χ0n) is 11.5. The number of nitrogens with zero attached hydrogens (tertiary/aromatic N) is 2. The first-order valence-electron chi connectivity index (χ1n) is 6.22. The SMILES string of the molecule is CCC(C)(CC)Nc1cnn(CC(F)(F)F)c(=O)c1Br. The Morgan fingerprint density at radius 3 is 2.35 bits per heavy atom. The molecule has 20 heavy (non-hydrogen) atoms. The lowest BCUT2D eigenvalue weighted by atomic mass is 9.95. The summed E-state index contributed by atoms with van der Waals surface area (Å²) in [6.07, 6.45) is -1.63. The van der Waals surface area contributed by atoms with Crippen molar-refractivity contribution in [3.63, 3.8) is 0 Å². The van der Waals surface area contributed by atoms with Crippen molar-refractivity contribution in [2.24, 2.45) is 0 Å². The summed E-state index contributed by atoms with van der Waals surface area (Å²) in [5.41, 5.74) is -0.645. The Bertz CT molecular complexity index is 524. The molecule has 0 amide bonds. The van der Waals surface area contributed by atoms with Crippen LogP contribution in [0.1, 0.15) is 33.6 Å². The zero-order valence-corrected chi connectivity index (χ0v) is 13.1. The number of nitrogens with one attached hydrogen (secondary N) is 1. The molecule has 8 heteroatoms. The van der Waals surface area contributed by atoms with Gasteiger partial charge in [-0.15, -0.1) is 0 Å². The highest BCUT2D eigenvalue weighted by molar-refractivity contribution is 9.10. The van der Waals surface area contributed by atoms with E-state index in [0.717, 1.165) is 12.8 Å². The molecule has 1 aromatic rings. The molecule has 0 aliphatic heterocycles. The number of hydrogen-bond donors (Lipinski definition) is 1. The highest BCUT2D eigenvalue weighted by atomic mass is 79.9. The molecule has 4 nitrogen and oxygen atoms in total. The van der Waals surface area contributed by atoms with Crippen LogP contribution in [0.3, 0.4) is 0 Å². The van der Waals surface area contributed by atoms with E-state index in [0.29, 0.717) is 10.4 Å². The summed E-state index contributed by atoms with van der Waals surface area (Å²) in [6.45, 7) is 4.55. The predicted octanol–water partition coefficient (Wildman–Crippen LogP) is 3.56. The lowest BCUT2D eigenvalue weighted by Gasteiger charge is -2.29. The Hall–Kier alpha value is -1.05. The van der Waals surface area contributed by atoms with Crippen LogP contribution in [0.2, 0.25) is 0 Å². The molecule has 0 saturated carbocycles. The topological polar surface area (TPSA) is 46.9 Å². The number of hydrogen-bond acceptors (Lipinski definition) is 3. The van der Waals surface area contributed by atoms with Crippen LogP contribution in [0.15, 0.2) is 15.5 Å². The number of anilines is 1. The van der Waals surface area contributed by atoms with Crippen molar-refractivity contribution in [1.29, 1.82) is 0 Å². The molecule has 0 saturated heterocycles. The van der Waals surface area contributed by atoms with Crippen molar-refractivity contribution >= 4 is 21.6 Å². The van der Waals surface area contributed by atoms with E-state index in [1.807, 2.05) is 20.8 Å². The summed E-state index contributed by atoms with van der Waals surface area (Å²) in [5, 5.41) is 6.72. The van der Waals surface area contributed by atoms with E-state index < -0.39 is 18.3 Å². The molecule has 0 fully saturated rings. The number of alkyl halides is 3. The molecule has 0 aromatic carbocycles. The van der Waals surface area contributed by atoms with E-state index in [9.17, 15) is 18.0 Å². The normalized spacial score (nSPS) is 12.6. The average molecular weight is 356 g/mol. The zero-order chi connectivity index (χ0) is 15.6. The van der Waals surface area contributed by atoms with Crippen LogP contribution in [0.25, 0.3) is 0 Å². The van der Waals surface area contributed by atoms with E-state index in [2.05, 4.69) is 26.3 Å². The molecule has 0 spiro atoms. The van der Waals surface area contributed by atoms with Gasteiger partial charge >= 0.3 is 6.18 Å². The summed E-state index contributed by atoms with van der Waals surface area (Å²) >= 11 is 3.05. The second-order valence-corrected chi connectivity index (χ2v) is 5.64. The third kappa shape index (κ3) is 4.22. The minimum absolute atomic E-state index is 0.0601. The lowest BCUT2D eigenvalue weighted by Crippen LogP contribution is -2.36. The van der Waals surface area contributed by atoms with Crippen molar-refractivity contribution < 1.29 is 13.2 Å². The van der Waals surface area contributed by atoms with Gasteiger partial charge in [0.2, 0.25) is 0 Å². The van der Waals surface area contributed by atoms with Crippen LogP contribution in [0.5, 0.6) is 0 Å². The van der Waals surface area contributed by atoms with Crippen LogP contribution < -0.4 is 10.9 Å². The van der Waals surface area contributed by atoms with E-state index in [-0.39, 0.29) is 10.0 Å². The molecular formula is C12H17BrF3N3O. The maximum atomic E-state index is 12.3. The number of rotatable bonds is 5. The van der Waals surface area contributed by atoms with Crippen molar-refractivity contribution in [3.8, 4) is 0 Å². The largest absolute Gasteiger partial charge is 0.408 e. The molecule has 1 rings (SSSR count). The highest BCUT2D eigenvalue weighted by Crippen LogP contribution is 2.25. The molecule has 0 aliphatic carbocycles. The molecule has 0 unspecified atom stereocenters. The maximum absolute atomic E-state index is 12.3. The van der Waals surface area contributed by atoms with Gasteiger partial charge in [0, 0.05) is 5.54 Å². The van der Waals surface area contributed by atoms with Crippen LogP contribution in [0.4, 0.5) is 18.9 Å². The van der Waals surface area contributed by atoms with Crippen molar-refractivity contribution in [2.45, 2.75) is 51.9 Å². The fraction of sp³-hybridized carbons (Fsp3) is 0.667. The van der Waals surface area contributed by atoms with Crippen LogP contribution >= 0.6 is 15.9 Å². The quantitative estimate of drug-likeness (QED) is 0.878. The van der Waals surface area contributed by atoms with Gasteiger partial charge < -0.3 is 5.32 Å². The van der Waals surface area contributed by atoms with E-state index in [1.54, 1.807) is 0 Å². The second kappa shape index (κ2) is 6.15. The van der Waals surface area contributed by atoms with Gasteiger partial charge in [-0.3, -0.25) is 4.79 Å². The van der Waals surface area contributed by atoms with E-state index in [1.165, 1.54) is 6.20 Å². The average Bonchev–Trinajstić information content (AvgIpc) is 2.37. The predicted molar refractivity (Wildman–Crippen MR) is 74.9 cm³/mol. The molecule has 0 aliphatic rings. The van der Waals surface area contributed by atoms with Gasteiger partial charge in [0.1, 0.15) is 11.0 Å².